The highest BCUT2D eigenvalue weighted by atomic mass is 16.6. The van der Waals surface area contributed by atoms with Crippen molar-refractivity contribution in [2.24, 2.45) is 0 Å². The van der Waals surface area contributed by atoms with Crippen LogP contribution in [0.15, 0.2) is 36.4 Å². The smallest absolute Gasteiger partial charge is 0.353 e. The molecule has 156 valence electrons. The zero-order valence-electron chi connectivity index (χ0n) is 17.0. The zero-order valence-corrected chi connectivity index (χ0v) is 17.0. The molecule has 1 heterocycles. The third-order valence-corrected chi connectivity index (χ3v) is 4.52. The number of hydrogen-bond acceptors (Lipinski definition) is 9. The van der Waals surface area contributed by atoms with Gasteiger partial charge >= 0.3 is 5.69 Å². The number of rotatable bonds is 7. The highest BCUT2D eigenvalue weighted by Gasteiger charge is 2.24. The molecule has 30 heavy (non-hydrogen) atoms. The average Bonchev–Trinajstić information content (AvgIpc) is 2.70. The molecule has 0 aliphatic rings. The first-order chi connectivity index (χ1) is 14.3. The molecule has 0 saturated carbocycles. The lowest BCUT2D eigenvalue weighted by molar-refractivity contribution is -0.383. The summed E-state index contributed by atoms with van der Waals surface area (Å²) in [5.74, 6) is 0.864. The standard InChI is InChI=1S/C20H22N6O4/c1-11-5-6-13(9-12(11)2)22-19-17(26(27)28)18(21)24-20(25-19)23-15-10-14(29-3)7-8-16(15)30-4/h5-10H,1-4H3,(H4,21,22,23,24,25). The van der Waals surface area contributed by atoms with Gasteiger partial charge in [0.2, 0.25) is 17.6 Å². The molecule has 10 heteroatoms. The molecule has 0 fully saturated rings. The number of hydrogen-bond donors (Lipinski definition) is 3. The first-order valence-corrected chi connectivity index (χ1v) is 8.97. The molecule has 0 atom stereocenters. The molecule has 0 saturated heterocycles. The fourth-order valence-electron chi connectivity index (χ4n) is 2.78. The van der Waals surface area contributed by atoms with Crippen LogP contribution in [0.4, 0.5) is 34.6 Å². The van der Waals surface area contributed by atoms with Gasteiger partial charge < -0.3 is 25.8 Å². The summed E-state index contributed by atoms with van der Waals surface area (Å²) in [5.41, 5.74) is 8.77. The minimum Gasteiger partial charge on any atom is -0.497 e. The molecule has 4 N–H and O–H groups in total. The van der Waals surface area contributed by atoms with Crippen molar-refractivity contribution in [3.63, 3.8) is 0 Å². The number of nitrogens with zero attached hydrogens (tertiary/aromatic N) is 3. The van der Waals surface area contributed by atoms with Crippen molar-refractivity contribution in [3.05, 3.63) is 57.6 Å². The van der Waals surface area contributed by atoms with Crippen molar-refractivity contribution in [2.75, 3.05) is 30.6 Å². The second-order valence-corrected chi connectivity index (χ2v) is 6.50. The van der Waals surface area contributed by atoms with Crippen molar-refractivity contribution in [2.45, 2.75) is 13.8 Å². The quantitative estimate of drug-likeness (QED) is 0.388. The van der Waals surface area contributed by atoms with Crippen molar-refractivity contribution < 1.29 is 14.4 Å². The van der Waals surface area contributed by atoms with Gasteiger partial charge in [0, 0.05) is 11.8 Å². The lowest BCUT2D eigenvalue weighted by Crippen LogP contribution is -2.09. The van der Waals surface area contributed by atoms with Gasteiger partial charge in [-0.3, -0.25) is 10.1 Å². The van der Waals surface area contributed by atoms with E-state index < -0.39 is 10.6 Å². The molecule has 0 unspecified atom stereocenters. The maximum atomic E-state index is 11.6. The fourth-order valence-corrected chi connectivity index (χ4v) is 2.78. The topological polar surface area (TPSA) is 137 Å². The van der Waals surface area contributed by atoms with Crippen molar-refractivity contribution in [1.82, 2.24) is 9.97 Å². The van der Waals surface area contributed by atoms with E-state index in [2.05, 4.69) is 20.6 Å². The number of nitrogen functional groups attached to an aromatic ring is 1. The molecular weight excluding hydrogens is 388 g/mol. The molecular formula is C20H22N6O4. The van der Waals surface area contributed by atoms with Gasteiger partial charge in [-0.2, -0.15) is 9.97 Å². The Morgan fingerprint density at radius 3 is 2.40 bits per heavy atom. The van der Waals surface area contributed by atoms with Gasteiger partial charge in [0.05, 0.1) is 24.8 Å². The van der Waals surface area contributed by atoms with E-state index in [1.54, 1.807) is 18.2 Å². The van der Waals surface area contributed by atoms with E-state index in [1.807, 2.05) is 32.0 Å². The summed E-state index contributed by atoms with van der Waals surface area (Å²) in [6, 6.07) is 10.7. The van der Waals surface area contributed by atoms with Gasteiger partial charge in [0.25, 0.3) is 0 Å². The van der Waals surface area contributed by atoms with Crippen LogP contribution >= 0.6 is 0 Å². The molecule has 3 rings (SSSR count). The first kappa shape index (κ1) is 20.6. The number of aromatic nitrogens is 2. The summed E-state index contributed by atoms with van der Waals surface area (Å²) in [7, 11) is 3.06. The first-order valence-electron chi connectivity index (χ1n) is 8.97. The van der Waals surface area contributed by atoms with E-state index in [4.69, 9.17) is 15.2 Å². The molecule has 0 aliphatic carbocycles. The highest BCUT2D eigenvalue weighted by Crippen LogP contribution is 2.35. The lowest BCUT2D eigenvalue weighted by Gasteiger charge is -2.14. The number of benzene rings is 2. The zero-order chi connectivity index (χ0) is 21.8. The van der Waals surface area contributed by atoms with E-state index in [0.29, 0.717) is 22.9 Å². The van der Waals surface area contributed by atoms with Crippen LogP contribution in [-0.2, 0) is 0 Å². The molecule has 0 spiro atoms. The Bertz CT molecular complexity index is 1100. The monoisotopic (exact) mass is 410 g/mol. The molecule has 0 radical (unpaired) electrons. The molecule has 1 aromatic heterocycles. The van der Waals surface area contributed by atoms with Crippen molar-refractivity contribution in [1.29, 1.82) is 0 Å². The summed E-state index contributed by atoms with van der Waals surface area (Å²) in [6.45, 7) is 3.93. The number of nitrogens with one attached hydrogen (secondary N) is 2. The van der Waals surface area contributed by atoms with E-state index in [-0.39, 0.29) is 17.6 Å². The van der Waals surface area contributed by atoms with Crippen LogP contribution in [0.25, 0.3) is 0 Å². The van der Waals surface area contributed by atoms with Gasteiger partial charge in [0.1, 0.15) is 11.5 Å². The number of methoxy groups -OCH3 is 2. The normalized spacial score (nSPS) is 10.4. The summed E-state index contributed by atoms with van der Waals surface area (Å²) in [4.78, 5) is 19.2. The van der Waals surface area contributed by atoms with Gasteiger partial charge in [0.15, 0.2) is 0 Å². The maximum Gasteiger partial charge on any atom is 0.353 e. The Labute approximate surface area is 173 Å². The SMILES string of the molecule is COc1ccc(OC)c(Nc2nc(N)c([N+](=O)[O-])c(Nc3ccc(C)c(C)c3)n2)c1. The van der Waals surface area contributed by atoms with Gasteiger partial charge in [-0.05, 0) is 49.2 Å². The minimum absolute atomic E-state index is 0.0277. The highest BCUT2D eigenvalue weighted by molar-refractivity contribution is 5.76. The maximum absolute atomic E-state index is 11.6. The van der Waals surface area contributed by atoms with Crippen LogP contribution in [0, 0.1) is 24.0 Å². The summed E-state index contributed by atoms with van der Waals surface area (Å²) in [6.07, 6.45) is 0. The number of anilines is 5. The number of aryl methyl sites for hydroxylation is 2. The number of nitrogens with two attached hydrogens (primary N) is 1. The van der Waals surface area contributed by atoms with E-state index >= 15 is 0 Å². The van der Waals surface area contributed by atoms with Crippen LogP contribution in [0.3, 0.4) is 0 Å². The Balaban J connectivity index is 2.03. The summed E-state index contributed by atoms with van der Waals surface area (Å²) >= 11 is 0. The van der Waals surface area contributed by atoms with Crippen LogP contribution in [0.2, 0.25) is 0 Å². The average molecular weight is 410 g/mol. The van der Waals surface area contributed by atoms with Gasteiger partial charge in [-0.1, -0.05) is 6.07 Å². The number of ether oxygens (including phenoxy) is 2. The Hall–Kier alpha value is -4.08. The third kappa shape index (κ3) is 4.32. The molecule has 0 bridgehead atoms. The Kier molecular flexibility index (Phi) is 5.86. The van der Waals surface area contributed by atoms with Gasteiger partial charge in [-0.25, -0.2) is 0 Å². The Morgan fingerprint density at radius 2 is 1.77 bits per heavy atom. The van der Waals surface area contributed by atoms with Crippen LogP contribution in [0.5, 0.6) is 11.5 Å². The van der Waals surface area contributed by atoms with E-state index in [9.17, 15) is 10.1 Å². The van der Waals surface area contributed by atoms with Crippen molar-refractivity contribution in [3.8, 4) is 11.5 Å². The summed E-state index contributed by atoms with van der Waals surface area (Å²) < 4.78 is 10.6. The van der Waals surface area contributed by atoms with Crippen LogP contribution in [0.1, 0.15) is 11.1 Å². The fraction of sp³-hybridized carbons (Fsp3) is 0.200. The molecule has 0 aliphatic heterocycles. The van der Waals surface area contributed by atoms with Crippen molar-refractivity contribution >= 4 is 34.6 Å². The predicted molar refractivity (Wildman–Crippen MR) is 115 cm³/mol. The molecule has 3 aromatic rings. The minimum atomic E-state index is -0.616. The summed E-state index contributed by atoms with van der Waals surface area (Å²) in [5, 5.41) is 17.5. The van der Waals surface area contributed by atoms with Gasteiger partial charge in [-0.15, -0.1) is 0 Å². The molecule has 2 aromatic carbocycles. The predicted octanol–water partition coefficient (Wildman–Crippen LogP) is 4.09. The van der Waals surface area contributed by atoms with Crippen LogP contribution in [-0.4, -0.2) is 29.1 Å². The van der Waals surface area contributed by atoms with E-state index in [1.165, 1.54) is 14.2 Å². The second kappa shape index (κ2) is 8.52. The number of nitro groups is 1. The lowest BCUT2D eigenvalue weighted by atomic mass is 10.1. The second-order valence-electron chi connectivity index (χ2n) is 6.50. The molecule has 0 amide bonds. The third-order valence-electron chi connectivity index (χ3n) is 4.52. The van der Waals surface area contributed by atoms with Crippen LogP contribution < -0.4 is 25.8 Å². The Morgan fingerprint density at radius 1 is 1.00 bits per heavy atom. The van der Waals surface area contributed by atoms with E-state index in [0.717, 1.165) is 11.1 Å². The molecule has 10 nitrogen and oxygen atoms in total. The largest absolute Gasteiger partial charge is 0.497 e.